The number of rotatable bonds is 3. The summed E-state index contributed by atoms with van der Waals surface area (Å²) in [5.41, 5.74) is 0.319. The van der Waals surface area contributed by atoms with E-state index in [2.05, 4.69) is 36.0 Å². The minimum absolute atomic E-state index is 0.151. The third kappa shape index (κ3) is 3.05. The first kappa shape index (κ1) is 13.2. The topological polar surface area (TPSA) is 52.6 Å². The Hall–Kier alpha value is -0.880. The van der Waals surface area contributed by atoms with Crippen LogP contribution in [0.15, 0.2) is 22.7 Å². The number of hydrogen-bond acceptors (Lipinski definition) is 4. The molecule has 0 atom stereocenters. The molecule has 0 radical (unpaired) electrons. The second-order valence-electron chi connectivity index (χ2n) is 2.77. The molecular formula is C10H8Br2O4. The van der Waals surface area contributed by atoms with Crippen LogP contribution in [0.3, 0.4) is 0 Å². The van der Waals surface area contributed by atoms with E-state index in [0.29, 0.717) is 4.47 Å². The van der Waals surface area contributed by atoms with E-state index in [9.17, 15) is 9.59 Å². The first-order valence-corrected chi connectivity index (χ1v) is 5.83. The second-order valence-corrected chi connectivity index (χ2v) is 4.01. The highest BCUT2D eigenvalue weighted by molar-refractivity contribution is 9.10. The summed E-state index contributed by atoms with van der Waals surface area (Å²) in [5, 5.41) is 0. The van der Waals surface area contributed by atoms with Crippen molar-refractivity contribution in [1.82, 2.24) is 0 Å². The van der Waals surface area contributed by atoms with E-state index in [0.717, 1.165) is 0 Å². The first-order chi connectivity index (χ1) is 7.60. The van der Waals surface area contributed by atoms with Gasteiger partial charge in [-0.05, 0) is 25.1 Å². The summed E-state index contributed by atoms with van der Waals surface area (Å²) in [6.45, 7) is 1.94. The number of hydrogen-bond donors (Lipinski definition) is 0. The van der Waals surface area contributed by atoms with Crippen molar-refractivity contribution in [2.45, 2.75) is 6.92 Å². The van der Waals surface area contributed by atoms with Gasteiger partial charge < -0.3 is 8.57 Å². The van der Waals surface area contributed by atoms with Crippen molar-refractivity contribution in [1.29, 1.82) is 0 Å². The molecule has 0 fully saturated rings. The molecule has 0 spiro atoms. The number of ether oxygens (including phenoxy) is 1. The lowest BCUT2D eigenvalue weighted by Crippen LogP contribution is -2.11. The molecule has 0 aliphatic carbocycles. The molecule has 0 unspecified atom stereocenters. The van der Waals surface area contributed by atoms with Crippen molar-refractivity contribution in [2.75, 3.05) is 6.61 Å². The number of carbonyl (C=O) groups excluding carboxylic acids is 2. The minimum atomic E-state index is -0.643. The maximum Gasteiger partial charge on any atom is 0.350 e. The standard InChI is InChI=1S/C10H8Br2O4/c1-2-15-9(13)8-5-6(11)3-4-7(8)10(14)16-12/h3-5H,2H2,1H3. The molecule has 0 N–H and O–H groups in total. The molecule has 0 saturated heterocycles. The van der Waals surface area contributed by atoms with Crippen molar-refractivity contribution in [3.8, 4) is 0 Å². The summed E-state index contributed by atoms with van der Waals surface area (Å²) in [4.78, 5) is 22.9. The van der Waals surface area contributed by atoms with Gasteiger partial charge in [0.25, 0.3) is 0 Å². The Morgan fingerprint density at radius 2 is 1.94 bits per heavy atom. The fourth-order valence-electron chi connectivity index (χ4n) is 1.11. The Kier molecular flexibility index (Phi) is 4.95. The predicted octanol–water partition coefficient (Wildman–Crippen LogP) is 3.09. The van der Waals surface area contributed by atoms with Gasteiger partial charge in [0.2, 0.25) is 0 Å². The third-order valence-electron chi connectivity index (χ3n) is 1.77. The summed E-state index contributed by atoms with van der Waals surface area (Å²) in [6.07, 6.45) is 0. The molecule has 0 bridgehead atoms. The SMILES string of the molecule is CCOC(=O)c1cc(Br)ccc1C(=O)OBr. The Morgan fingerprint density at radius 3 is 2.50 bits per heavy atom. The average molecular weight is 352 g/mol. The molecule has 0 heterocycles. The molecule has 0 aliphatic heterocycles. The van der Waals surface area contributed by atoms with Gasteiger partial charge in [-0.3, -0.25) is 0 Å². The lowest BCUT2D eigenvalue weighted by atomic mass is 10.1. The van der Waals surface area contributed by atoms with E-state index in [1.807, 2.05) is 0 Å². The average Bonchev–Trinajstić information content (AvgIpc) is 2.28. The van der Waals surface area contributed by atoms with Gasteiger partial charge >= 0.3 is 11.9 Å². The van der Waals surface area contributed by atoms with Crippen LogP contribution in [0.1, 0.15) is 27.6 Å². The van der Waals surface area contributed by atoms with Crippen LogP contribution < -0.4 is 0 Å². The molecule has 16 heavy (non-hydrogen) atoms. The molecule has 0 amide bonds. The van der Waals surface area contributed by atoms with Gasteiger partial charge in [0.05, 0.1) is 17.7 Å². The van der Waals surface area contributed by atoms with Crippen LogP contribution in [0.2, 0.25) is 0 Å². The number of esters is 1. The van der Waals surface area contributed by atoms with Crippen molar-refractivity contribution in [3.05, 3.63) is 33.8 Å². The highest BCUT2D eigenvalue weighted by Gasteiger charge is 2.19. The fourth-order valence-corrected chi connectivity index (χ4v) is 1.65. The molecule has 1 aromatic carbocycles. The number of carbonyl (C=O) groups is 2. The van der Waals surface area contributed by atoms with Crippen LogP contribution in [-0.4, -0.2) is 18.5 Å². The smallest absolute Gasteiger partial charge is 0.350 e. The zero-order valence-corrected chi connectivity index (χ0v) is 11.5. The maximum absolute atomic E-state index is 11.6. The normalized spacial score (nSPS) is 9.69. The van der Waals surface area contributed by atoms with Crippen LogP contribution in [-0.2, 0) is 8.57 Å². The highest BCUT2D eigenvalue weighted by Crippen LogP contribution is 2.19. The van der Waals surface area contributed by atoms with Crippen molar-refractivity contribution >= 4 is 44.1 Å². The lowest BCUT2D eigenvalue weighted by molar-refractivity contribution is 0.0518. The van der Waals surface area contributed by atoms with Crippen molar-refractivity contribution in [2.24, 2.45) is 0 Å². The summed E-state index contributed by atoms with van der Waals surface area (Å²) < 4.78 is 9.91. The van der Waals surface area contributed by atoms with Crippen LogP contribution in [0.25, 0.3) is 0 Å². The van der Waals surface area contributed by atoms with Gasteiger partial charge in [-0.25, -0.2) is 9.59 Å². The zero-order valence-electron chi connectivity index (χ0n) is 8.33. The molecule has 0 saturated carbocycles. The second kappa shape index (κ2) is 6.00. The molecular weight excluding hydrogens is 344 g/mol. The Bertz CT molecular complexity index is 417. The monoisotopic (exact) mass is 350 g/mol. The quantitative estimate of drug-likeness (QED) is 0.785. The Labute approximate surface area is 110 Å². The van der Waals surface area contributed by atoms with Gasteiger partial charge in [-0.2, -0.15) is 0 Å². The van der Waals surface area contributed by atoms with Crippen LogP contribution in [0.5, 0.6) is 0 Å². The maximum atomic E-state index is 11.6. The molecule has 0 aromatic heterocycles. The van der Waals surface area contributed by atoms with Gasteiger partial charge in [-0.15, -0.1) is 0 Å². The molecule has 1 aromatic rings. The van der Waals surface area contributed by atoms with Crippen LogP contribution >= 0.6 is 32.2 Å². The fraction of sp³-hybridized carbons (Fsp3) is 0.200. The van der Waals surface area contributed by atoms with E-state index in [-0.39, 0.29) is 17.7 Å². The van der Waals surface area contributed by atoms with Gasteiger partial charge in [0.1, 0.15) is 0 Å². The van der Waals surface area contributed by atoms with Crippen molar-refractivity contribution in [3.63, 3.8) is 0 Å². The van der Waals surface area contributed by atoms with E-state index in [1.165, 1.54) is 12.1 Å². The van der Waals surface area contributed by atoms with Crippen LogP contribution in [0.4, 0.5) is 0 Å². The number of benzene rings is 1. The van der Waals surface area contributed by atoms with Gasteiger partial charge in [0, 0.05) is 4.47 Å². The van der Waals surface area contributed by atoms with Crippen molar-refractivity contribution < 1.29 is 18.2 Å². The van der Waals surface area contributed by atoms with Crippen LogP contribution in [0, 0.1) is 0 Å². The van der Waals surface area contributed by atoms with E-state index in [1.54, 1.807) is 13.0 Å². The van der Waals surface area contributed by atoms with E-state index < -0.39 is 11.9 Å². The predicted molar refractivity (Wildman–Crippen MR) is 64.4 cm³/mol. The minimum Gasteiger partial charge on any atom is -0.462 e. The molecule has 1 rings (SSSR count). The molecule has 0 aliphatic rings. The summed E-state index contributed by atoms with van der Waals surface area (Å²) in [5.74, 6) is -1.20. The summed E-state index contributed by atoms with van der Waals surface area (Å²) >= 11 is 5.79. The molecule has 6 heteroatoms. The Morgan fingerprint density at radius 1 is 1.25 bits per heavy atom. The molecule has 4 nitrogen and oxygen atoms in total. The third-order valence-corrected chi connectivity index (χ3v) is 2.55. The summed E-state index contributed by atoms with van der Waals surface area (Å²) in [6, 6.07) is 4.64. The van der Waals surface area contributed by atoms with E-state index >= 15 is 0 Å². The van der Waals surface area contributed by atoms with E-state index in [4.69, 9.17) is 4.74 Å². The highest BCUT2D eigenvalue weighted by atomic mass is 79.9. The Balaban J connectivity index is 3.17. The lowest BCUT2D eigenvalue weighted by Gasteiger charge is -2.06. The van der Waals surface area contributed by atoms with Gasteiger partial charge in [-0.1, -0.05) is 15.9 Å². The zero-order chi connectivity index (χ0) is 12.1. The molecule has 86 valence electrons. The number of halogens is 2. The first-order valence-electron chi connectivity index (χ1n) is 4.39. The van der Waals surface area contributed by atoms with Gasteiger partial charge in [0.15, 0.2) is 16.3 Å². The largest absolute Gasteiger partial charge is 0.462 e. The summed E-state index contributed by atoms with van der Waals surface area (Å²) in [7, 11) is 0.